The predicted octanol–water partition coefficient (Wildman–Crippen LogP) is 7.56. The predicted molar refractivity (Wildman–Crippen MR) is 142 cm³/mol. The lowest BCUT2D eigenvalue weighted by Crippen LogP contribution is -1.87. The van der Waals surface area contributed by atoms with E-state index in [4.69, 9.17) is 9.47 Å². The number of hydrogen-bond acceptors (Lipinski definition) is 6. The molecule has 0 aliphatic carbocycles. The molecular weight excluding hydrogens is 448 g/mol. The van der Waals surface area contributed by atoms with Crippen LogP contribution in [0.3, 0.4) is 0 Å². The first kappa shape index (κ1) is 22.7. The standard InChI is InChI=1S/C30H22N4O2/c1-3-19-31-25(5-1)21-33-23-7-11-27(12-8-23)35-29-15-17-30(18-16-29)36-28-13-9-24(10-14-28)34-22-26-6-2-4-20-32-26/h1-22H. The Morgan fingerprint density at radius 3 is 1.14 bits per heavy atom. The van der Waals surface area contributed by atoms with Crippen molar-refractivity contribution in [3.05, 3.63) is 133 Å². The zero-order valence-corrected chi connectivity index (χ0v) is 19.3. The van der Waals surface area contributed by atoms with E-state index in [1.165, 1.54) is 0 Å². The molecule has 3 aromatic carbocycles. The summed E-state index contributed by atoms with van der Waals surface area (Å²) in [4.78, 5) is 17.3. The highest BCUT2D eigenvalue weighted by molar-refractivity contribution is 5.80. The largest absolute Gasteiger partial charge is 0.457 e. The fourth-order valence-corrected chi connectivity index (χ4v) is 3.23. The van der Waals surface area contributed by atoms with Gasteiger partial charge in [-0.3, -0.25) is 20.0 Å². The Morgan fingerprint density at radius 1 is 0.444 bits per heavy atom. The number of aliphatic imine (C=N–C) groups is 2. The SMILES string of the molecule is C(=Nc1ccc(Oc2ccc(Oc3ccc(N=Cc4ccccn4)cc3)cc2)cc1)c1ccccn1. The second-order valence-corrected chi connectivity index (χ2v) is 7.69. The highest BCUT2D eigenvalue weighted by Crippen LogP contribution is 2.28. The summed E-state index contributed by atoms with van der Waals surface area (Å²) in [5, 5.41) is 0. The van der Waals surface area contributed by atoms with E-state index in [0.717, 1.165) is 34.3 Å². The number of aromatic nitrogens is 2. The van der Waals surface area contributed by atoms with Crippen LogP contribution in [0.15, 0.2) is 132 Å². The number of pyridine rings is 2. The summed E-state index contributed by atoms with van der Waals surface area (Å²) in [5.74, 6) is 2.88. The first-order valence-corrected chi connectivity index (χ1v) is 11.4. The molecule has 6 heteroatoms. The third kappa shape index (κ3) is 6.48. The molecule has 0 spiro atoms. The molecule has 0 amide bonds. The van der Waals surface area contributed by atoms with Gasteiger partial charge in [0.1, 0.15) is 23.0 Å². The Balaban J connectivity index is 1.15. The zero-order valence-electron chi connectivity index (χ0n) is 19.3. The Bertz CT molecular complexity index is 1320. The maximum atomic E-state index is 5.94. The summed E-state index contributed by atoms with van der Waals surface area (Å²) in [6, 6.07) is 34.0. The van der Waals surface area contributed by atoms with Gasteiger partial charge in [-0.2, -0.15) is 0 Å². The van der Waals surface area contributed by atoms with Crippen LogP contribution in [0, 0.1) is 0 Å². The van der Waals surface area contributed by atoms with Gasteiger partial charge in [0, 0.05) is 12.4 Å². The third-order valence-corrected chi connectivity index (χ3v) is 5.04. The number of hydrogen-bond donors (Lipinski definition) is 0. The minimum absolute atomic E-state index is 0.714. The van der Waals surface area contributed by atoms with Crippen molar-refractivity contribution in [2.45, 2.75) is 0 Å². The first-order chi connectivity index (χ1) is 17.8. The van der Waals surface area contributed by atoms with Gasteiger partial charge in [-0.25, -0.2) is 0 Å². The molecular formula is C30H22N4O2. The van der Waals surface area contributed by atoms with E-state index < -0.39 is 0 Å². The van der Waals surface area contributed by atoms with E-state index in [2.05, 4.69) is 20.0 Å². The van der Waals surface area contributed by atoms with Crippen molar-refractivity contribution < 1.29 is 9.47 Å². The molecule has 0 atom stereocenters. The summed E-state index contributed by atoms with van der Waals surface area (Å²) < 4.78 is 11.9. The van der Waals surface area contributed by atoms with E-state index in [1.54, 1.807) is 24.8 Å². The molecule has 0 bridgehead atoms. The Morgan fingerprint density at radius 2 is 0.806 bits per heavy atom. The summed E-state index contributed by atoms with van der Waals surface area (Å²) >= 11 is 0. The van der Waals surface area contributed by atoms with Gasteiger partial charge in [-0.1, -0.05) is 12.1 Å². The summed E-state index contributed by atoms with van der Waals surface area (Å²) in [6.07, 6.45) is 6.95. The summed E-state index contributed by atoms with van der Waals surface area (Å²) in [6.45, 7) is 0. The Kier molecular flexibility index (Phi) is 7.15. The molecule has 5 rings (SSSR count). The molecule has 174 valence electrons. The van der Waals surface area contributed by atoms with Crippen LogP contribution in [-0.4, -0.2) is 22.4 Å². The average Bonchev–Trinajstić information content (AvgIpc) is 2.94. The van der Waals surface area contributed by atoms with Gasteiger partial charge in [0.05, 0.1) is 35.2 Å². The van der Waals surface area contributed by atoms with Crippen molar-refractivity contribution in [2.75, 3.05) is 0 Å². The Labute approximate surface area is 209 Å². The molecule has 5 aromatic rings. The van der Waals surface area contributed by atoms with Crippen molar-refractivity contribution in [3.8, 4) is 23.0 Å². The zero-order chi connectivity index (χ0) is 24.4. The third-order valence-electron chi connectivity index (χ3n) is 5.04. The topological polar surface area (TPSA) is 69.0 Å². The number of ether oxygens (including phenoxy) is 2. The van der Waals surface area contributed by atoms with Crippen LogP contribution in [0.25, 0.3) is 0 Å². The molecule has 0 fully saturated rings. The Hall–Kier alpha value is -5.10. The number of rotatable bonds is 8. The van der Waals surface area contributed by atoms with Crippen molar-refractivity contribution in [1.29, 1.82) is 0 Å². The van der Waals surface area contributed by atoms with E-state index in [-0.39, 0.29) is 0 Å². The summed E-state index contributed by atoms with van der Waals surface area (Å²) in [5.41, 5.74) is 3.27. The molecule has 0 unspecified atom stereocenters. The van der Waals surface area contributed by atoms with Crippen LogP contribution in [0.5, 0.6) is 23.0 Å². The van der Waals surface area contributed by atoms with Crippen LogP contribution in [0.4, 0.5) is 11.4 Å². The second-order valence-electron chi connectivity index (χ2n) is 7.69. The quantitative estimate of drug-likeness (QED) is 0.219. The van der Waals surface area contributed by atoms with Crippen LogP contribution in [-0.2, 0) is 0 Å². The minimum atomic E-state index is 0.714. The number of nitrogens with zero attached hydrogens (tertiary/aromatic N) is 4. The molecule has 36 heavy (non-hydrogen) atoms. The van der Waals surface area contributed by atoms with Gasteiger partial charge in [-0.15, -0.1) is 0 Å². The van der Waals surface area contributed by atoms with Crippen molar-refractivity contribution >= 4 is 23.8 Å². The first-order valence-electron chi connectivity index (χ1n) is 11.4. The van der Waals surface area contributed by atoms with Crippen molar-refractivity contribution in [1.82, 2.24) is 9.97 Å². The highest BCUT2D eigenvalue weighted by Gasteiger charge is 2.01. The number of benzene rings is 3. The van der Waals surface area contributed by atoms with E-state index in [9.17, 15) is 0 Å². The fourth-order valence-electron chi connectivity index (χ4n) is 3.23. The molecule has 6 nitrogen and oxygen atoms in total. The molecule has 2 heterocycles. The van der Waals surface area contributed by atoms with E-state index >= 15 is 0 Å². The van der Waals surface area contributed by atoms with E-state index in [0.29, 0.717) is 11.5 Å². The fraction of sp³-hybridized carbons (Fsp3) is 0. The van der Waals surface area contributed by atoms with Crippen LogP contribution in [0.1, 0.15) is 11.4 Å². The summed E-state index contributed by atoms with van der Waals surface area (Å²) in [7, 11) is 0. The molecule has 0 N–H and O–H groups in total. The van der Waals surface area contributed by atoms with Gasteiger partial charge in [0.15, 0.2) is 0 Å². The van der Waals surface area contributed by atoms with E-state index in [1.807, 2.05) is 109 Å². The monoisotopic (exact) mass is 470 g/mol. The van der Waals surface area contributed by atoms with Crippen LogP contribution >= 0.6 is 0 Å². The van der Waals surface area contributed by atoms with Gasteiger partial charge in [0.2, 0.25) is 0 Å². The lowest BCUT2D eigenvalue weighted by molar-refractivity contribution is 0.469. The van der Waals surface area contributed by atoms with Crippen LogP contribution in [0.2, 0.25) is 0 Å². The second kappa shape index (κ2) is 11.4. The average molecular weight is 471 g/mol. The molecule has 0 radical (unpaired) electrons. The van der Waals surface area contributed by atoms with Gasteiger partial charge < -0.3 is 9.47 Å². The molecule has 0 aliphatic rings. The maximum absolute atomic E-state index is 5.94. The lowest BCUT2D eigenvalue weighted by Gasteiger charge is -2.09. The lowest BCUT2D eigenvalue weighted by atomic mass is 10.3. The van der Waals surface area contributed by atoms with Gasteiger partial charge >= 0.3 is 0 Å². The molecule has 2 aromatic heterocycles. The van der Waals surface area contributed by atoms with Crippen LogP contribution < -0.4 is 9.47 Å². The molecule has 0 aliphatic heterocycles. The van der Waals surface area contributed by atoms with Crippen molar-refractivity contribution in [2.24, 2.45) is 9.98 Å². The van der Waals surface area contributed by atoms with Gasteiger partial charge in [0.25, 0.3) is 0 Å². The smallest absolute Gasteiger partial charge is 0.127 e. The molecule has 0 saturated carbocycles. The normalized spacial score (nSPS) is 11.1. The minimum Gasteiger partial charge on any atom is -0.457 e. The van der Waals surface area contributed by atoms with Crippen molar-refractivity contribution in [3.63, 3.8) is 0 Å². The highest BCUT2D eigenvalue weighted by atomic mass is 16.5. The van der Waals surface area contributed by atoms with Gasteiger partial charge in [-0.05, 0) is 97.1 Å². The maximum Gasteiger partial charge on any atom is 0.127 e. The molecule has 0 saturated heterocycles.